The van der Waals surface area contributed by atoms with E-state index in [-0.39, 0.29) is 12.4 Å². The van der Waals surface area contributed by atoms with E-state index in [2.05, 4.69) is 25.0 Å². The summed E-state index contributed by atoms with van der Waals surface area (Å²) in [4.78, 5) is 15.9. The molecule has 0 bridgehead atoms. The summed E-state index contributed by atoms with van der Waals surface area (Å²) >= 11 is 1.31. The van der Waals surface area contributed by atoms with Crippen molar-refractivity contribution in [1.29, 1.82) is 0 Å². The molecule has 19 heavy (non-hydrogen) atoms. The van der Waals surface area contributed by atoms with Gasteiger partial charge >= 0.3 is 5.97 Å². The number of ether oxygens (including phenoxy) is 1. The fourth-order valence-electron chi connectivity index (χ4n) is 1.60. The molecular formula is C11H9N5O2S. The topological polar surface area (TPSA) is 82.3 Å². The van der Waals surface area contributed by atoms with Gasteiger partial charge in [0.25, 0.3) is 0 Å². The van der Waals surface area contributed by atoms with Crippen LogP contribution in [0.2, 0.25) is 0 Å². The third-order valence-electron chi connectivity index (χ3n) is 2.48. The Morgan fingerprint density at radius 3 is 3.11 bits per heavy atom. The molecule has 8 heteroatoms. The lowest BCUT2D eigenvalue weighted by Gasteiger charge is -1.95. The minimum atomic E-state index is -0.326. The first kappa shape index (κ1) is 11.7. The van der Waals surface area contributed by atoms with E-state index in [0.29, 0.717) is 15.8 Å². The number of pyridine rings is 1. The zero-order chi connectivity index (χ0) is 13.2. The molecule has 96 valence electrons. The normalized spacial score (nSPS) is 10.8. The number of hydrogen-bond donors (Lipinski definition) is 0. The van der Waals surface area contributed by atoms with Crippen molar-refractivity contribution in [3.05, 3.63) is 29.5 Å². The molecule has 0 unspecified atom stereocenters. The predicted molar refractivity (Wildman–Crippen MR) is 67.6 cm³/mol. The minimum Gasteiger partial charge on any atom is -0.469 e. The van der Waals surface area contributed by atoms with Gasteiger partial charge in [-0.3, -0.25) is 9.78 Å². The summed E-state index contributed by atoms with van der Waals surface area (Å²) < 4.78 is 6.23. The molecule has 0 atom stereocenters. The van der Waals surface area contributed by atoms with Gasteiger partial charge < -0.3 is 4.74 Å². The van der Waals surface area contributed by atoms with Gasteiger partial charge in [0.1, 0.15) is 5.01 Å². The molecule has 0 radical (unpaired) electrons. The van der Waals surface area contributed by atoms with Gasteiger partial charge in [0, 0.05) is 18.0 Å². The Morgan fingerprint density at radius 1 is 1.47 bits per heavy atom. The van der Waals surface area contributed by atoms with Crippen LogP contribution >= 0.6 is 11.3 Å². The maximum atomic E-state index is 11.2. The summed E-state index contributed by atoms with van der Waals surface area (Å²) in [6, 6.07) is 3.70. The maximum absolute atomic E-state index is 11.2. The first-order valence-corrected chi connectivity index (χ1v) is 6.28. The lowest BCUT2D eigenvalue weighted by molar-refractivity contribution is -0.139. The SMILES string of the molecule is COC(=O)Cc1nn2c(-c3cccnc3)nnc2s1. The van der Waals surface area contributed by atoms with Crippen LogP contribution in [0.15, 0.2) is 24.5 Å². The molecule has 3 heterocycles. The van der Waals surface area contributed by atoms with Crippen molar-refractivity contribution in [2.45, 2.75) is 6.42 Å². The number of hydrogen-bond acceptors (Lipinski definition) is 7. The summed E-state index contributed by atoms with van der Waals surface area (Å²) in [6.45, 7) is 0. The Morgan fingerprint density at radius 2 is 2.37 bits per heavy atom. The number of fused-ring (bicyclic) bond motifs is 1. The van der Waals surface area contributed by atoms with Crippen LogP contribution in [0.1, 0.15) is 5.01 Å². The van der Waals surface area contributed by atoms with E-state index in [1.165, 1.54) is 18.4 Å². The van der Waals surface area contributed by atoms with Crippen LogP contribution in [-0.4, -0.2) is 37.9 Å². The quantitative estimate of drug-likeness (QED) is 0.662. The van der Waals surface area contributed by atoms with Crippen LogP contribution in [-0.2, 0) is 16.0 Å². The van der Waals surface area contributed by atoms with E-state index in [1.807, 2.05) is 12.1 Å². The Kier molecular flexibility index (Phi) is 2.92. The van der Waals surface area contributed by atoms with Gasteiger partial charge in [-0.15, -0.1) is 10.2 Å². The standard InChI is InChI=1S/C11H9N5O2S/c1-18-9(17)5-8-15-16-10(13-14-11(16)19-8)7-3-2-4-12-6-7/h2-4,6H,5H2,1H3. The fourth-order valence-corrected chi connectivity index (χ4v) is 2.42. The smallest absolute Gasteiger partial charge is 0.312 e. The molecule has 3 aromatic heterocycles. The fraction of sp³-hybridized carbons (Fsp3) is 0.182. The Hall–Kier alpha value is -2.35. The van der Waals surface area contributed by atoms with Gasteiger partial charge in [0.2, 0.25) is 4.96 Å². The van der Waals surface area contributed by atoms with Crippen LogP contribution < -0.4 is 0 Å². The second-order valence-electron chi connectivity index (χ2n) is 3.71. The average Bonchev–Trinajstić information content (AvgIpc) is 2.99. The van der Waals surface area contributed by atoms with Gasteiger partial charge in [0.15, 0.2) is 5.82 Å². The lowest BCUT2D eigenvalue weighted by atomic mass is 10.3. The second kappa shape index (κ2) is 4.73. The third kappa shape index (κ3) is 2.17. The van der Waals surface area contributed by atoms with Gasteiger partial charge in [0.05, 0.1) is 13.5 Å². The number of rotatable bonds is 3. The first-order valence-electron chi connectivity index (χ1n) is 5.46. The maximum Gasteiger partial charge on any atom is 0.312 e. The van der Waals surface area contributed by atoms with Crippen molar-refractivity contribution in [2.24, 2.45) is 0 Å². The van der Waals surface area contributed by atoms with Gasteiger partial charge in [-0.2, -0.15) is 9.61 Å². The zero-order valence-electron chi connectivity index (χ0n) is 9.98. The van der Waals surface area contributed by atoms with Gasteiger partial charge in [-0.05, 0) is 12.1 Å². The summed E-state index contributed by atoms with van der Waals surface area (Å²) in [7, 11) is 1.35. The number of carbonyl (C=O) groups is 1. The number of esters is 1. The predicted octanol–water partition coefficient (Wildman–Crippen LogP) is 0.963. The average molecular weight is 275 g/mol. The Bertz CT molecular complexity index is 721. The molecule has 0 aromatic carbocycles. The van der Waals surface area contributed by atoms with Gasteiger partial charge in [-0.25, -0.2) is 0 Å². The molecule has 0 aliphatic carbocycles. The van der Waals surface area contributed by atoms with Crippen molar-refractivity contribution in [1.82, 2.24) is 24.8 Å². The second-order valence-corrected chi connectivity index (χ2v) is 4.75. The largest absolute Gasteiger partial charge is 0.469 e. The third-order valence-corrected chi connectivity index (χ3v) is 3.37. The molecule has 0 amide bonds. The summed E-state index contributed by atoms with van der Waals surface area (Å²) in [5.74, 6) is 0.281. The van der Waals surface area contributed by atoms with E-state index < -0.39 is 0 Å². The van der Waals surface area contributed by atoms with Crippen LogP contribution in [0, 0.1) is 0 Å². The van der Waals surface area contributed by atoms with Crippen LogP contribution in [0.4, 0.5) is 0 Å². The van der Waals surface area contributed by atoms with E-state index in [4.69, 9.17) is 0 Å². The molecule has 0 saturated carbocycles. The highest BCUT2D eigenvalue weighted by atomic mass is 32.1. The molecule has 0 fully saturated rings. The van der Waals surface area contributed by atoms with Crippen molar-refractivity contribution in [3.8, 4) is 11.4 Å². The molecule has 0 aliphatic heterocycles. The molecular weight excluding hydrogens is 266 g/mol. The van der Waals surface area contributed by atoms with E-state index in [0.717, 1.165) is 5.56 Å². The molecule has 0 aliphatic rings. The number of nitrogens with zero attached hydrogens (tertiary/aromatic N) is 5. The highest BCUT2D eigenvalue weighted by Crippen LogP contribution is 2.21. The van der Waals surface area contributed by atoms with Crippen molar-refractivity contribution in [3.63, 3.8) is 0 Å². The molecule has 0 N–H and O–H groups in total. The summed E-state index contributed by atoms with van der Waals surface area (Å²) in [6.07, 6.45) is 3.51. The van der Waals surface area contributed by atoms with E-state index in [1.54, 1.807) is 16.9 Å². The lowest BCUT2D eigenvalue weighted by Crippen LogP contribution is -2.04. The van der Waals surface area contributed by atoms with Crippen molar-refractivity contribution < 1.29 is 9.53 Å². The summed E-state index contributed by atoms with van der Waals surface area (Å²) in [5.41, 5.74) is 0.824. The minimum absolute atomic E-state index is 0.136. The van der Waals surface area contributed by atoms with Crippen molar-refractivity contribution >= 4 is 22.3 Å². The Labute approximate surface area is 111 Å². The zero-order valence-corrected chi connectivity index (χ0v) is 10.8. The van der Waals surface area contributed by atoms with Crippen LogP contribution in [0.5, 0.6) is 0 Å². The molecule has 7 nitrogen and oxygen atoms in total. The molecule has 0 saturated heterocycles. The number of methoxy groups -OCH3 is 1. The monoisotopic (exact) mass is 275 g/mol. The highest BCUT2D eigenvalue weighted by molar-refractivity contribution is 7.16. The number of aromatic nitrogens is 5. The van der Waals surface area contributed by atoms with Crippen LogP contribution in [0.25, 0.3) is 16.3 Å². The van der Waals surface area contributed by atoms with Gasteiger partial charge in [-0.1, -0.05) is 11.3 Å². The molecule has 3 rings (SSSR count). The Balaban J connectivity index is 2.01. The highest BCUT2D eigenvalue weighted by Gasteiger charge is 2.15. The summed E-state index contributed by atoms with van der Waals surface area (Å²) in [5, 5.41) is 13.1. The molecule has 3 aromatic rings. The van der Waals surface area contributed by atoms with Crippen LogP contribution in [0.3, 0.4) is 0 Å². The van der Waals surface area contributed by atoms with E-state index in [9.17, 15) is 4.79 Å². The number of carbonyl (C=O) groups excluding carboxylic acids is 1. The molecule has 0 spiro atoms. The van der Waals surface area contributed by atoms with E-state index >= 15 is 0 Å². The first-order chi connectivity index (χ1) is 9.28. The van der Waals surface area contributed by atoms with Crippen molar-refractivity contribution in [2.75, 3.05) is 7.11 Å².